The van der Waals surface area contributed by atoms with Gasteiger partial charge in [0, 0.05) is 34.6 Å². The van der Waals surface area contributed by atoms with Crippen molar-refractivity contribution in [2.45, 2.75) is 13.1 Å². The molecule has 3 nitrogen and oxygen atoms in total. The summed E-state index contributed by atoms with van der Waals surface area (Å²) in [4.78, 5) is 8.79. The van der Waals surface area contributed by atoms with Crippen molar-refractivity contribution < 1.29 is 13.2 Å². The maximum absolute atomic E-state index is 12.8. The summed E-state index contributed by atoms with van der Waals surface area (Å²) in [6.07, 6.45) is -1.07. The van der Waals surface area contributed by atoms with Crippen molar-refractivity contribution in [2.24, 2.45) is 0 Å². The lowest BCUT2D eigenvalue weighted by molar-refractivity contribution is -0.137. The van der Waals surface area contributed by atoms with Crippen molar-refractivity contribution in [3.63, 3.8) is 0 Å². The van der Waals surface area contributed by atoms with Gasteiger partial charge in [-0.15, -0.1) is 11.3 Å². The van der Waals surface area contributed by atoms with Crippen LogP contribution in [0.4, 0.5) is 24.0 Å². The fourth-order valence-electron chi connectivity index (χ4n) is 2.99. The largest absolute Gasteiger partial charge is 0.416 e. The Morgan fingerprint density at radius 3 is 2.48 bits per heavy atom. The van der Waals surface area contributed by atoms with E-state index in [1.807, 2.05) is 42.6 Å². The summed E-state index contributed by atoms with van der Waals surface area (Å²) in [5, 5.41) is 5.94. The van der Waals surface area contributed by atoms with Crippen LogP contribution in [0.1, 0.15) is 11.1 Å². The Hall–Kier alpha value is -3.19. The topological polar surface area (TPSA) is 37.8 Å². The van der Waals surface area contributed by atoms with Gasteiger partial charge in [-0.2, -0.15) is 13.2 Å². The molecular formula is C22H16F3N3S. The van der Waals surface area contributed by atoms with Gasteiger partial charge in [-0.05, 0) is 48.4 Å². The highest BCUT2D eigenvalue weighted by Crippen LogP contribution is 2.36. The number of anilines is 2. The molecule has 7 heteroatoms. The van der Waals surface area contributed by atoms with Crippen LogP contribution >= 0.6 is 11.3 Å². The molecule has 0 bridgehead atoms. The number of rotatable bonds is 4. The van der Waals surface area contributed by atoms with E-state index < -0.39 is 11.7 Å². The van der Waals surface area contributed by atoms with Crippen LogP contribution in [0.3, 0.4) is 0 Å². The van der Waals surface area contributed by atoms with Crippen molar-refractivity contribution in [3.05, 3.63) is 83.5 Å². The first kappa shape index (κ1) is 19.1. The Morgan fingerprint density at radius 2 is 1.76 bits per heavy atom. The van der Waals surface area contributed by atoms with E-state index >= 15 is 0 Å². The molecule has 2 heterocycles. The molecule has 0 fully saturated rings. The molecule has 146 valence electrons. The molecule has 2 aromatic heterocycles. The molecule has 1 N–H and O–H groups in total. The van der Waals surface area contributed by atoms with Gasteiger partial charge in [-0.3, -0.25) is 4.98 Å². The van der Waals surface area contributed by atoms with E-state index in [1.165, 1.54) is 23.5 Å². The van der Waals surface area contributed by atoms with Crippen LogP contribution in [-0.2, 0) is 6.18 Å². The summed E-state index contributed by atoms with van der Waals surface area (Å²) in [6, 6.07) is 14.9. The van der Waals surface area contributed by atoms with E-state index in [4.69, 9.17) is 0 Å². The maximum atomic E-state index is 12.8. The lowest BCUT2D eigenvalue weighted by Crippen LogP contribution is -2.04. The highest BCUT2D eigenvalue weighted by atomic mass is 32.1. The molecule has 0 atom stereocenters. The normalized spacial score (nSPS) is 11.4. The molecule has 0 aliphatic rings. The maximum Gasteiger partial charge on any atom is 0.416 e. The molecule has 0 amide bonds. The zero-order valence-corrected chi connectivity index (χ0v) is 16.2. The first-order valence-corrected chi connectivity index (χ1v) is 9.69. The minimum atomic E-state index is -4.36. The molecule has 0 spiro atoms. The fraction of sp³-hybridized carbons (Fsp3) is 0.0909. The van der Waals surface area contributed by atoms with Crippen molar-refractivity contribution in [2.75, 3.05) is 5.32 Å². The molecule has 0 aliphatic heterocycles. The van der Waals surface area contributed by atoms with Crippen LogP contribution in [0.2, 0.25) is 0 Å². The lowest BCUT2D eigenvalue weighted by Gasteiger charge is -2.10. The number of nitrogens with one attached hydrogen (secondary N) is 1. The summed E-state index contributed by atoms with van der Waals surface area (Å²) in [6.45, 7) is 2.02. The first-order valence-electron chi connectivity index (χ1n) is 8.81. The van der Waals surface area contributed by atoms with Gasteiger partial charge in [-0.1, -0.05) is 24.3 Å². The van der Waals surface area contributed by atoms with Crippen LogP contribution in [0, 0.1) is 6.92 Å². The third-order valence-corrected chi connectivity index (χ3v) is 5.15. The number of nitrogens with zero attached hydrogens (tertiary/aromatic N) is 2. The highest BCUT2D eigenvalue weighted by molar-refractivity contribution is 7.14. The second kappa shape index (κ2) is 7.67. The van der Waals surface area contributed by atoms with E-state index in [0.717, 1.165) is 45.3 Å². The predicted octanol–water partition coefficient (Wildman–Crippen LogP) is 6.94. The van der Waals surface area contributed by atoms with Gasteiger partial charge in [0.15, 0.2) is 5.13 Å². The molecular weight excluding hydrogens is 395 g/mol. The summed E-state index contributed by atoms with van der Waals surface area (Å²) < 4.78 is 38.5. The smallest absolute Gasteiger partial charge is 0.332 e. The molecule has 0 radical (unpaired) electrons. The molecule has 4 rings (SSSR count). The molecule has 0 saturated heterocycles. The number of aryl methyl sites for hydroxylation is 1. The number of halogens is 3. The van der Waals surface area contributed by atoms with Crippen LogP contribution in [0.25, 0.3) is 22.4 Å². The Kier molecular flexibility index (Phi) is 5.07. The molecule has 2 aromatic carbocycles. The van der Waals surface area contributed by atoms with Crippen molar-refractivity contribution in [1.82, 2.24) is 9.97 Å². The first-order chi connectivity index (χ1) is 13.9. The van der Waals surface area contributed by atoms with E-state index in [0.29, 0.717) is 5.56 Å². The number of pyridine rings is 1. The summed E-state index contributed by atoms with van der Waals surface area (Å²) >= 11 is 1.46. The van der Waals surface area contributed by atoms with Crippen molar-refractivity contribution in [3.8, 4) is 22.4 Å². The third-order valence-electron chi connectivity index (χ3n) is 4.39. The number of thiazole rings is 1. The zero-order valence-electron chi connectivity index (χ0n) is 15.4. The molecule has 4 aromatic rings. The van der Waals surface area contributed by atoms with Gasteiger partial charge in [0.25, 0.3) is 0 Å². The number of alkyl halides is 3. The second-order valence-electron chi connectivity index (χ2n) is 6.53. The van der Waals surface area contributed by atoms with Crippen molar-refractivity contribution in [1.29, 1.82) is 0 Å². The van der Waals surface area contributed by atoms with Gasteiger partial charge in [0.05, 0.1) is 11.3 Å². The average Bonchev–Trinajstić information content (AvgIpc) is 3.16. The monoisotopic (exact) mass is 411 g/mol. The number of hydrogen-bond donors (Lipinski definition) is 1. The van der Waals surface area contributed by atoms with Gasteiger partial charge in [0.2, 0.25) is 0 Å². The van der Waals surface area contributed by atoms with Crippen LogP contribution in [-0.4, -0.2) is 9.97 Å². The van der Waals surface area contributed by atoms with Crippen LogP contribution in [0.15, 0.2) is 72.4 Å². The molecule has 0 unspecified atom stereocenters. The fourth-order valence-corrected chi connectivity index (χ4v) is 3.72. The van der Waals surface area contributed by atoms with E-state index in [9.17, 15) is 13.2 Å². The van der Waals surface area contributed by atoms with Gasteiger partial charge in [-0.25, -0.2) is 4.98 Å². The average molecular weight is 411 g/mol. The number of aromatic nitrogens is 2. The van der Waals surface area contributed by atoms with Crippen LogP contribution < -0.4 is 5.32 Å². The highest BCUT2D eigenvalue weighted by Gasteiger charge is 2.30. The van der Waals surface area contributed by atoms with Crippen molar-refractivity contribution >= 4 is 22.2 Å². The van der Waals surface area contributed by atoms with Gasteiger partial charge < -0.3 is 5.32 Å². The Balaban J connectivity index is 1.65. The van der Waals surface area contributed by atoms with Crippen LogP contribution in [0.5, 0.6) is 0 Å². The predicted molar refractivity (Wildman–Crippen MR) is 110 cm³/mol. The molecule has 29 heavy (non-hydrogen) atoms. The van der Waals surface area contributed by atoms with E-state index in [1.54, 1.807) is 12.4 Å². The Morgan fingerprint density at radius 1 is 0.966 bits per heavy atom. The summed E-state index contributed by atoms with van der Waals surface area (Å²) in [7, 11) is 0. The molecule has 0 saturated carbocycles. The minimum absolute atomic E-state index is 0.655. The second-order valence-corrected chi connectivity index (χ2v) is 7.39. The Labute approximate surface area is 169 Å². The minimum Gasteiger partial charge on any atom is -0.332 e. The summed E-state index contributed by atoms with van der Waals surface area (Å²) in [5.74, 6) is 0. The van der Waals surface area contributed by atoms with Gasteiger partial charge >= 0.3 is 6.18 Å². The van der Waals surface area contributed by atoms with E-state index in [-0.39, 0.29) is 0 Å². The third kappa shape index (κ3) is 4.30. The molecule has 0 aliphatic carbocycles. The van der Waals surface area contributed by atoms with E-state index in [2.05, 4.69) is 15.3 Å². The summed E-state index contributed by atoms with van der Waals surface area (Å²) in [5.41, 5.74) is 4.35. The SMILES string of the molecule is Cc1cccc(Nc2nc(-c3ccncc3-c3ccc(C(F)(F)F)cc3)cs2)c1. The number of benzene rings is 2. The quantitative estimate of drug-likeness (QED) is 0.395. The Bertz CT molecular complexity index is 1130. The van der Waals surface area contributed by atoms with Gasteiger partial charge in [0.1, 0.15) is 0 Å². The lowest BCUT2D eigenvalue weighted by atomic mass is 9.99. The standard InChI is InChI=1S/C22H16F3N3S/c1-14-3-2-4-17(11-14)27-21-28-20(13-29-21)18-9-10-26-12-19(18)15-5-7-16(8-6-15)22(23,24)25/h2-13H,1H3,(H,27,28). The number of hydrogen-bond acceptors (Lipinski definition) is 4. The zero-order chi connectivity index (χ0) is 20.4.